The summed E-state index contributed by atoms with van der Waals surface area (Å²) in [7, 11) is 0. The monoisotopic (exact) mass is 289 g/mol. The molecular formula is C15H16ClN3O. The van der Waals surface area contributed by atoms with Crippen molar-refractivity contribution in [1.82, 2.24) is 5.32 Å². The van der Waals surface area contributed by atoms with Crippen LogP contribution in [-0.2, 0) is 0 Å². The number of benzene rings is 2. The fraction of sp³-hybridized carbons (Fsp3) is 0.133. The van der Waals surface area contributed by atoms with E-state index >= 15 is 0 Å². The Labute approximate surface area is 122 Å². The van der Waals surface area contributed by atoms with Crippen LogP contribution in [-0.4, -0.2) is 12.6 Å². The molecule has 4 nitrogen and oxygen atoms in total. The number of hydrogen-bond donors (Lipinski definition) is 3. The quantitative estimate of drug-likeness (QED) is 0.809. The molecule has 0 aliphatic heterocycles. The molecule has 0 aromatic heterocycles. The van der Waals surface area contributed by atoms with E-state index in [9.17, 15) is 4.79 Å². The standard InChI is InChI=1S/C15H16ClN3O/c16-12-7-4-8-13(9-12)19-15(20)18-10-14(17)11-5-2-1-3-6-11/h1-9,14H,10,17H2,(H2,18,19,20). The van der Waals surface area contributed by atoms with Crippen LogP contribution < -0.4 is 16.4 Å². The van der Waals surface area contributed by atoms with Crippen molar-refractivity contribution in [3.8, 4) is 0 Å². The van der Waals surface area contributed by atoms with Crippen molar-refractivity contribution >= 4 is 23.3 Å². The van der Waals surface area contributed by atoms with Crippen LogP contribution in [0, 0.1) is 0 Å². The molecule has 2 amide bonds. The minimum atomic E-state index is -0.307. The van der Waals surface area contributed by atoms with Gasteiger partial charge >= 0.3 is 6.03 Å². The number of hydrogen-bond acceptors (Lipinski definition) is 2. The maximum atomic E-state index is 11.7. The Morgan fingerprint density at radius 1 is 1.15 bits per heavy atom. The number of urea groups is 1. The molecule has 104 valence electrons. The molecule has 0 bridgehead atoms. The molecular weight excluding hydrogens is 274 g/mol. The van der Waals surface area contributed by atoms with Crippen LogP contribution in [0.3, 0.4) is 0 Å². The average Bonchev–Trinajstić information content (AvgIpc) is 2.46. The highest BCUT2D eigenvalue weighted by Gasteiger charge is 2.07. The number of rotatable bonds is 4. The van der Waals surface area contributed by atoms with Gasteiger partial charge in [0, 0.05) is 23.3 Å². The van der Waals surface area contributed by atoms with Crippen LogP contribution in [0.1, 0.15) is 11.6 Å². The normalized spacial score (nSPS) is 11.7. The molecule has 0 saturated carbocycles. The number of nitrogens with one attached hydrogen (secondary N) is 2. The minimum absolute atomic E-state index is 0.235. The van der Waals surface area contributed by atoms with Crippen molar-refractivity contribution in [2.45, 2.75) is 6.04 Å². The first-order chi connectivity index (χ1) is 9.65. The molecule has 20 heavy (non-hydrogen) atoms. The summed E-state index contributed by atoms with van der Waals surface area (Å²) in [5.74, 6) is 0. The molecule has 2 aromatic rings. The Hall–Kier alpha value is -2.04. The molecule has 0 heterocycles. The van der Waals surface area contributed by atoms with Crippen LogP contribution in [0.25, 0.3) is 0 Å². The molecule has 5 heteroatoms. The van der Waals surface area contributed by atoms with E-state index in [1.165, 1.54) is 0 Å². The summed E-state index contributed by atoms with van der Waals surface area (Å²) in [4.78, 5) is 11.7. The first kappa shape index (κ1) is 14.4. The molecule has 0 aliphatic carbocycles. The van der Waals surface area contributed by atoms with Crippen molar-refractivity contribution < 1.29 is 4.79 Å². The Kier molecular flexibility index (Phi) is 4.98. The lowest BCUT2D eigenvalue weighted by Gasteiger charge is -2.13. The molecule has 0 aliphatic rings. The smallest absolute Gasteiger partial charge is 0.319 e. The molecule has 2 aromatic carbocycles. The maximum absolute atomic E-state index is 11.7. The van der Waals surface area contributed by atoms with Crippen molar-refractivity contribution in [1.29, 1.82) is 0 Å². The molecule has 2 rings (SSSR count). The van der Waals surface area contributed by atoms with Gasteiger partial charge in [-0.2, -0.15) is 0 Å². The largest absolute Gasteiger partial charge is 0.336 e. The Bertz CT molecular complexity index is 574. The third-order valence-electron chi connectivity index (χ3n) is 2.79. The summed E-state index contributed by atoms with van der Waals surface area (Å²) in [6, 6.07) is 16.0. The van der Waals surface area contributed by atoms with Gasteiger partial charge < -0.3 is 16.4 Å². The molecule has 1 atom stereocenters. The van der Waals surface area contributed by atoms with Gasteiger partial charge in [-0.05, 0) is 23.8 Å². The number of nitrogens with two attached hydrogens (primary N) is 1. The summed E-state index contributed by atoms with van der Waals surface area (Å²) in [6.45, 7) is 0.358. The second kappa shape index (κ2) is 6.93. The molecule has 0 fully saturated rings. The first-order valence-electron chi connectivity index (χ1n) is 6.26. The fourth-order valence-corrected chi connectivity index (χ4v) is 1.95. The summed E-state index contributed by atoms with van der Waals surface area (Å²) in [5, 5.41) is 6.00. The molecule has 1 unspecified atom stereocenters. The van der Waals surface area contributed by atoms with Gasteiger partial charge in [-0.15, -0.1) is 0 Å². The lowest BCUT2D eigenvalue weighted by Crippen LogP contribution is -2.34. The average molecular weight is 290 g/mol. The van der Waals surface area contributed by atoms with E-state index in [2.05, 4.69) is 10.6 Å². The van der Waals surface area contributed by atoms with Gasteiger partial charge in [0.25, 0.3) is 0 Å². The van der Waals surface area contributed by atoms with Crippen LogP contribution in [0.2, 0.25) is 5.02 Å². The maximum Gasteiger partial charge on any atom is 0.319 e. The molecule has 0 saturated heterocycles. The van der Waals surface area contributed by atoms with Crippen LogP contribution in [0.5, 0.6) is 0 Å². The number of carbonyl (C=O) groups excluding carboxylic acids is 1. The Morgan fingerprint density at radius 3 is 2.60 bits per heavy atom. The Morgan fingerprint density at radius 2 is 1.90 bits per heavy atom. The van der Waals surface area contributed by atoms with Gasteiger partial charge in [-0.1, -0.05) is 48.0 Å². The molecule has 0 spiro atoms. The van der Waals surface area contributed by atoms with Crippen molar-refractivity contribution in [2.75, 3.05) is 11.9 Å². The number of anilines is 1. The summed E-state index contributed by atoms with van der Waals surface area (Å²) >= 11 is 5.84. The van der Waals surface area contributed by atoms with Crippen molar-refractivity contribution in [3.63, 3.8) is 0 Å². The highest BCUT2D eigenvalue weighted by Crippen LogP contribution is 2.14. The fourth-order valence-electron chi connectivity index (χ4n) is 1.76. The van der Waals surface area contributed by atoms with Gasteiger partial charge in [0.1, 0.15) is 0 Å². The number of amides is 2. The minimum Gasteiger partial charge on any atom is -0.336 e. The van der Waals surface area contributed by atoms with Gasteiger partial charge in [-0.3, -0.25) is 0 Å². The summed E-state index contributed by atoms with van der Waals surface area (Å²) in [5.41, 5.74) is 7.62. The Balaban J connectivity index is 1.83. The summed E-state index contributed by atoms with van der Waals surface area (Å²) in [6.07, 6.45) is 0. The van der Waals surface area contributed by atoms with Crippen LogP contribution in [0.4, 0.5) is 10.5 Å². The van der Waals surface area contributed by atoms with Gasteiger partial charge in [0.2, 0.25) is 0 Å². The lowest BCUT2D eigenvalue weighted by atomic mass is 10.1. The van der Waals surface area contributed by atoms with Crippen molar-refractivity contribution in [3.05, 3.63) is 65.2 Å². The second-order valence-corrected chi connectivity index (χ2v) is 4.80. The number of carbonyl (C=O) groups is 1. The van der Waals surface area contributed by atoms with Gasteiger partial charge in [0.05, 0.1) is 0 Å². The zero-order chi connectivity index (χ0) is 14.4. The SMILES string of the molecule is NC(CNC(=O)Nc1cccc(Cl)c1)c1ccccc1. The molecule has 4 N–H and O–H groups in total. The van der Waals surface area contributed by atoms with Crippen molar-refractivity contribution in [2.24, 2.45) is 5.73 Å². The van der Waals surface area contributed by atoms with Gasteiger partial charge in [-0.25, -0.2) is 4.79 Å². The molecule has 0 radical (unpaired) electrons. The van der Waals surface area contributed by atoms with Gasteiger partial charge in [0.15, 0.2) is 0 Å². The highest BCUT2D eigenvalue weighted by molar-refractivity contribution is 6.30. The van der Waals surface area contributed by atoms with E-state index in [0.717, 1.165) is 5.56 Å². The predicted molar refractivity (Wildman–Crippen MR) is 81.8 cm³/mol. The predicted octanol–water partition coefficient (Wildman–Crippen LogP) is 3.16. The third-order valence-corrected chi connectivity index (χ3v) is 3.03. The second-order valence-electron chi connectivity index (χ2n) is 4.36. The van der Waals surface area contributed by atoms with E-state index < -0.39 is 0 Å². The highest BCUT2D eigenvalue weighted by atomic mass is 35.5. The van der Waals surface area contributed by atoms with E-state index in [-0.39, 0.29) is 12.1 Å². The van der Waals surface area contributed by atoms with E-state index in [1.54, 1.807) is 24.3 Å². The third kappa shape index (κ3) is 4.26. The van der Waals surface area contributed by atoms with Crippen LogP contribution >= 0.6 is 11.6 Å². The lowest BCUT2D eigenvalue weighted by molar-refractivity contribution is 0.251. The first-order valence-corrected chi connectivity index (χ1v) is 6.64. The zero-order valence-electron chi connectivity index (χ0n) is 10.8. The topological polar surface area (TPSA) is 67.1 Å². The number of halogens is 1. The van der Waals surface area contributed by atoms with E-state index in [4.69, 9.17) is 17.3 Å². The van der Waals surface area contributed by atoms with E-state index in [1.807, 2.05) is 30.3 Å². The summed E-state index contributed by atoms with van der Waals surface area (Å²) < 4.78 is 0. The zero-order valence-corrected chi connectivity index (χ0v) is 11.6. The van der Waals surface area contributed by atoms with E-state index in [0.29, 0.717) is 17.3 Å². The van der Waals surface area contributed by atoms with Crippen LogP contribution in [0.15, 0.2) is 54.6 Å².